The summed E-state index contributed by atoms with van der Waals surface area (Å²) in [5, 5.41) is 2.06. The number of pyridine rings is 1. The average molecular weight is 432 g/mol. The topological polar surface area (TPSA) is 63.3 Å². The zero-order chi connectivity index (χ0) is 21.8. The lowest BCUT2D eigenvalue weighted by Crippen LogP contribution is -2.04. The molecule has 0 aliphatic carbocycles. The van der Waals surface area contributed by atoms with Crippen LogP contribution in [0.25, 0.3) is 0 Å². The van der Waals surface area contributed by atoms with Gasteiger partial charge >= 0.3 is 6.09 Å². The molecule has 9 heteroatoms. The Labute approximate surface area is 177 Å². The summed E-state index contributed by atoms with van der Waals surface area (Å²) in [6.07, 6.45) is 3.25. The van der Waals surface area contributed by atoms with Crippen molar-refractivity contribution in [2.75, 3.05) is 7.05 Å². The highest BCUT2D eigenvalue weighted by Gasteiger charge is 2.28. The summed E-state index contributed by atoms with van der Waals surface area (Å²) < 4.78 is 29.2. The van der Waals surface area contributed by atoms with Crippen LogP contribution in [0.1, 0.15) is 36.8 Å². The van der Waals surface area contributed by atoms with E-state index in [4.69, 9.17) is 0 Å². The van der Waals surface area contributed by atoms with Crippen molar-refractivity contribution in [1.82, 2.24) is 19.6 Å². The molecule has 1 fully saturated rings. The van der Waals surface area contributed by atoms with Gasteiger partial charge in [0, 0.05) is 29.9 Å². The van der Waals surface area contributed by atoms with E-state index in [9.17, 15) is 13.6 Å². The van der Waals surface area contributed by atoms with Crippen molar-refractivity contribution in [2.24, 2.45) is 0 Å². The molecule has 1 amide bonds. The van der Waals surface area contributed by atoms with Crippen molar-refractivity contribution >= 4 is 17.9 Å². The fourth-order valence-electron chi connectivity index (χ4n) is 2.70. The predicted molar refractivity (Wildman–Crippen MR) is 109 cm³/mol. The van der Waals surface area contributed by atoms with Crippen LogP contribution in [0.2, 0.25) is 0 Å². The summed E-state index contributed by atoms with van der Waals surface area (Å²) in [7, 11) is 1.56. The molecule has 0 atom stereocenters. The van der Waals surface area contributed by atoms with Gasteiger partial charge in [0.05, 0.1) is 12.7 Å². The fourth-order valence-corrected chi connectivity index (χ4v) is 3.96. The van der Waals surface area contributed by atoms with Gasteiger partial charge in [-0.15, -0.1) is 5.06 Å². The maximum atomic E-state index is 13.6. The minimum atomic E-state index is -0.578. The molecule has 1 aliphatic rings. The summed E-state index contributed by atoms with van der Waals surface area (Å²) in [6, 6.07) is 7.47. The molecule has 1 aliphatic heterocycles. The highest BCUT2D eigenvalue weighted by atomic mass is 32.2. The van der Waals surface area contributed by atoms with Crippen LogP contribution in [0.5, 0.6) is 0 Å². The lowest BCUT2D eigenvalue weighted by atomic mass is 10.1. The van der Waals surface area contributed by atoms with Gasteiger partial charge in [0.15, 0.2) is 0 Å². The maximum absolute atomic E-state index is 13.6. The van der Waals surface area contributed by atoms with E-state index in [0.717, 1.165) is 33.2 Å². The first-order valence-corrected chi connectivity index (χ1v) is 10.1. The number of hydroxylamine groups is 2. The molecule has 0 spiro atoms. The molecular formula is C21H22F2N4O2S. The number of carbonyl (C=O) groups excluding carboxylic acids is 1. The van der Waals surface area contributed by atoms with E-state index in [1.54, 1.807) is 19.4 Å². The van der Waals surface area contributed by atoms with Crippen LogP contribution in [-0.2, 0) is 11.4 Å². The van der Waals surface area contributed by atoms with Crippen LogP contribution < -0.4 is 0 Å². The zero-order valence-electron chi connectivity index (χ0n) is 17.1. The number of hydrogen-bond donors (Lipinski definition) is 0. The molecule has 3 heterocycles. The second-order valence-corrected chi connectivity index (χ2v) is 8.07. The molecule has 0 saturated carbocycles. The Hall–Kier alpha value is -2.94. The number of carbonyl (C=O) groups is 1. The van der Waals surface area contributed by atoms with Crippen LogP contribution in [0.3, 0.4) is 0 Å². The Kier molecular flexibility index (Phi) is 6.71. The number of aromatic nitrogens is 3. The van der Waals surface area contributed by atoms with E-state index >= 15 is 0 Å². The standard InChI is InChI=1S/C19H19F2N3S.C2H3NO2/c1-12(2)18-19(25-17-9-15(20)8-16(21)10-17)24(13(3)23-18)11-14-4-6-22-7-5-14;1-3-2(4)5-3/h4-10,12H,11H2,1-3H3;1H3. The SMILES string of the molecule is CN1OC1=O.Cc1nc(C(C)C)c(Sc2cc(F)cc(F)c2)n1Cc1ccncc1. The monoisotopic (exact) mass is 432 g/mol. The highest BCUT2D eigenvalue weighted by Crippen LogP contribution is 2.35. The minimum Gasteiger partial charge on any atom is -0.318 e. The highest BCUT2D eigenvalue weighted by molar-refractivity contribution is 7.99. The van der Waals surface area contributed by atoms with E-state index in [-0.39, 0.29) is 12.0 Å². The van der Waals surface area contributed by atoms with Crippen LogP contribution in [0.4, 0.5) is 13.6 Å². The van der Waals surface area contributed by atoms with Gasteiger partial charge in [-0.3, -0.25) is 4.98 Å². The Balaban J connectivity index is 0.000000448. The molecule has 3 aromatic rings. The summed E-state index contributed by atoms with van der Waals surface area (Å²) in [4.78, 5) is 23.0. The van der Waals surface area contributed by atoms with Gasteiger partial charge in [-0.05, 0) is 42.7 Å². The molecule has 0 unspecified atom stereocenters. The quantitative estimate of drug-likeness (QED) is 0.521. The number of aryl methyl sites for hydroxylation is 1. The third-order valence-corrected chi connectivity index (χ3v) is 5.36. The molecule has 4 rings (SSSR count). The van der Waals surface area contributed by atoms with Crippen molar-refractivity contribution in [3.8, 4) is 0 Å². The molecule has 0 radical (unpaired) electrons. The van der Waals surface area contributed by atoms with Gasteiger partial charge in [0.25, 0.3) is 0 Å². The van der Waals surface area contributed by atoms with E-state index in [1.165, 1.54) is 23.9 Å². The number of benzene rings is 1. The average Bonchev–Trinajstić information content (AvgIpc) is 3.24. The fraction of sp³-hybridized carbons (Fsp3) is 0.286. The Morgan fingerprint density at radius 2 is 1.70 bits per heavy atom. The molecular weight excluding hydrogens is 410 g/mol. The zero-order valence-corrected chi connectivity index (χ0v) is 17.9. The first-order valence-electron chi connectivity index (χ1n) is 9.30. The first-order chi connectivity index (χ1) is 14.2. The molecule has 1 saturated heterocycles. The van der Waals surface area contributed by atoms with Crippen molar-refractivity contribution in [3.63, 3.8) is 0 Å². The van der Waals surface area contributed by atoms with Gasteiger partial charge in [-0.2, -0.15) is 0 Å². The van der Waals surface area contributed by atoms with E-state index in [0.29, 0.717) is 11.4 Å². The lowest BCUT2D eigenvalue weighted by Gasteiger charge is -2.12. The van der Waals surface area contributed by atoms with Gasteiger partial charge in [-0.25, -0.2) is 18.6 Å². The predicted octanol–water partition coefficient (Wildman–Crippen LogP) is 5.17. The Morgan fingerprint density at radius 3 is 2.20 bits per heavy atom. The van der Waals surface area contributed by atoms with E-state index in [1.807, 2.05) is 19.1 Å². The van der Waals surface area contributed by atoms with Crippen molar-refractivity contribution < 1.29 is 18.4 Å². The second kappa shape index (κ2) is 9.25. The smallest absolute Gasteiger partial charge is 0.318 e. The summed E-state index contributed by atoms with van der Waals surface area (Å²) in [6.45, 7) is 6.71. The van der Waals surface area contributed by atoms with Crippen molar-refractivity contribution in [2.45, 2.75) is 43.2 Å². The van der Waals surface area contributed by atoms with Crippen molar-refractivity contribution in [3.05, 3.63) is 71.4 Å². The molecule has 158 valence electrons. The van der Waals surface area contributed by atoms with Crippen molar-refractivity contribution in [1.29, 1.82) is 0 Å². The largest absolute Gasteiger partial charge is 0.467 e. The normalized spacial score (nSPS) is 12.5. The van der Waals surface area contributed by atoms with Gasteiger partial charge in [0.2, 0.25) is 0 Å². The van der Waals surface area contributed by atoms with Gasteiger partial charge < -0.3 is 9.40 Å². The molecule has 2 aromatic heterocycles. The molecule has 1 aromatic carbocycles. The Morgan fingerprint density at radius 1 is 1.13 bits per heavy atom. The number of rotatable bonds is 5. The Bertz CT molecular complexity index is 1020. The summed E-state index contributed by atoms with van der Waals surface area (Å²) in [5.74, 6) is -0.0748. The number of imidazole rings is 1. The number of halogens is 2. The third kappa shape index (κ3) is 5.56. The molecule has 0 N–H and O–H groups in total. The number of amides is 1. The first kappa shape index (κ1) is 21.8. The van der Waals surface area contributed by atoms with E-state index < -0.39 is 11.6 Å². The van der Waals surface area contributed by atoms with Gasteiger partial charge in [0.1, 0.15) is 22.5 Å². The lowest BCUT2D eigenvalue weighted by molar-refractivity contribution is 0.227. The second-order valence-electron chi connectivity index (χ2n) is 7.01. The van der Waals surface area contributed by atoms with Crippen LogP contribution >= 0.6 is 11.8 Å². The number of hydrogen-bond acceptors (Lipinski definition) is 5. The summed E-state index contributed by atoms with van der Waals surface area (Å²) in [5.41, 5.74) is 2.03. The minimum absolute atomic E-state index is 0.207. The maximum Gasteiger partial charge on any atom is 0.467 e. The molecule has 6 nitrogen and oxygen atoms in total. The third-order valence-electron chi connectivity index (χ3n) is 4.26. The van der Waals surface area contributed by atoms with Crippen LogP contribution in [0.15, 0.2) is 52.6 Å². The van der Waals surface area contributed by atoms with Gasteiger partial charge in [-0.1, -0.05) is 25.6 Å². The molecule has 0 bridgehead atoms. The molecule has 30 heavy (non-hydrogen) atoms. The van der Waals surface area contributed by atoms with Crippen LogP contribution in [0, 0.1) is 18.6 Å². The summed E-state index contributed by atoms with van der Waals surface area (Å²) >= 11 is 1.34. The van der Waals surface area contributed by atoms with E-state index in [2.05, 4.69) is 33.2 Å². The van der Waals surface area contributed by atoms with Crippen LogP contribution in [-0.4, -0.2) is 32.7 Å². The number of nitrogens with zero attached hydrogens (tertiary/aromatic N) is 4.